The molecule has 0 saturated carbocycles. The molecule has 2 aromatic heterocycles. The van der Waals surface area contributed by atoms with Crippen molar-refractivity contribution in [1.29, 1.82) is 0 Å². The molecule has 0 N–H and O–H groups in total. The van der Waals surface area contributed by atoms with Gasteiger partial charge in [-0.2, -0.15) is 11.8 Å². The lowest BCUT2D eigenvalue weighted by Gasteiger charge is -2.08. The Labute approximate surface area is 121 Å². The third-order valence-electron chi connectivity index (χ3n) is 2.85. The number of hydrogen-bond donors (Lipinski definition) is 0. The lowest BCUT2D eigenvalue weighted by molar-refractivity contribution is 0.103. The van der Waals surface area contributed by atoms with Crippen molar-refractivity contribution in [2.45, 2.75) is 12.2 Å². The summed E-state index contributed by atoms with van der Waals surface area (Å²) in [5, 5.41) is 7.70. The Morgan fingerprint density at radius 1 is 1.56 bits per heavy atom. The van der Waals surface area contributed by atoms with Gasteiger partial charge in [-0.05, 0) is 39.7 Å². The molecule has 0 amide bonds. The van der Waals surface area contributed by atoms with Crippen molar-refractivity contribution in [3.63, 3.8) is 0 Å². The van der Waals surface area contributed by atoms with Crippen molar-refractivity contribution >= 4 is 44.8 Å². The molecule has 0 aromatic carbocycles. The van der Waals surface area contributed by atoms with Gasteiger partial charge < -0.3 is 0 Å². The minimum absolute atomic E-state index is 0.00113. The molecule has 3 rings (SSSR count). The fourth-order valence-corrected chi connectivity index (χ4v) is 4.77. The molecule has 1 aliphatic rings. The maximum atomic E-state index is 12.4. The van der Waals surface area contributed by atoms with Crippen LogP contribution in [0, 0.1) is 0 Å². The number of carbonyl (C=O) groups is 1. The van der Waals surface area contributed by atoms with Crippen molar-refractivity contribution in [1.82, 2.24) is 15.0 Å². The van der Waals surface area contributed by atoms with Crippen LogP contribution in [0.4, 0.5) is 0 Å². The third kappa shape index (κ3) is 2.04. The molecule has 0 spiro atoms. The predicted octanol–water partition coefficient (Wildman–Crippen LogP) is 2.66. The Bertz CT molecular complexity index is 577. The van der Waals surface area contributed by atoms with Crippen LogP contribution in [-0.2, 0) is 19.2 Å². The van der Waals surface area contributed by atoms with Gasteiger partial charge in [0.15, 0.2) is 4.60 Å². The normalized spacial score (nSPS) is 14.6. The van der Waals surface area contributed by atoms with Gasteiger partial charge in [-0.15, -0.1) is 16.4 Å². The van der Waals surface area contributed by atoms with Crippen LogP contribution < -0.4 is 0 Å². The van der Waals surface area contributed by atoms with E-state index >= 15 is 0 Å². The van der Waals surface area contributed by atoms with E-state index in [0.717, 1.165) is 22.8 Å². The molecule has 0 bridgehead atoms. The molecule has 0 aliphatic carbocycles. The van der Waals surface area contributed by atoms with Gasteiger partial charge in [-0.3, -0.25) is 4.79 Å². The molecular formula is C11H10BrN3OS2. The number of halogens is 1. The largest absolute Gasteiger partial charge is 0.286 e. The van der Waals surface area contributed by atoms with E-state index in [-0.39, 0.29) is 5.78 Å². The standard InChI is InChI=1S/C11H10BrN3OS2/c1-15-9(11(12)13-14-15)10(16)8-4-6-5-17-3-2-7(6)18-8/h4H,2-3,5H2,1H3. The number of aromatic nitrogens is 3. The Hall–Kier alpha value is -0.660. The molecule has 3 heterocycles. The first-order valence-electron chi connectivity index (χ1n) is 5.46. The molecule has 0 fully saturated rings. The number of rotatable bonds is 2. The van der Waals surface area contributed by atoms with E-state index in [2.05, 4.69) is 26.2 Å². The summed E-state index contributed by atoms with van der Waals surface area (Å²) in [6.45, 7) is 0. The molecule has 0 saturated heterocycles. The first-order valence-corrected chi connectivity index (χ1v) is 8.22. The van der Waals surface area contributed by atoms with Crippen LogP contribution in [0.3, 0.4) is 0 Å². The van der Waals surface area contributed by atoms with E-state index in [0.29, 0.717) is 10.3 Å². The molecule has 18 heavy (non-hydrogen) atoms. The molecule has 1 aliphatic heterocycles. The maximum absolute atomic E-state index is 12.4. The SMILES string of the molecule is Cn1nnc(Br)c1C(=O)c1cc2c(s1)CCSC2. The van der Waals surface area contributed by atoms with E-state index < -0.39 is 0 Å². The van der Waals surface area contributed by atoms with Crippen molar-refractivity contribution in [2.24, 2.45) is 7.05 Å². The lowest BCUT2D eigenvalue weighted by Crippen LogP contribution is -2.07. The van der Waals surface area contributed by atoms with Gasteiger partial charge in [0.05, 0.1) is 4.88 Å². The minimum Gasteiger partial charge on any atom is -0.286 e. The summed E-state index contributed by atoms with van der Waals surface area (Å²) in [7, 11) is 1.73. The molecule has 2 aromatic rings. The Morgan fingerprint density at radius 2 is 2.39 bits per heavy atom. The summed E-state index contributed by atoms with van der Waals surface area (Å²) >= 11 is 6.80. The van der Waals surface area contributed by atoms with Crippen LogP contribution in [0.1, 0.15) is 25.8 Å². The fraction of sp³-hybridized carbons (Fsp3) is 0.364. The average molecular weight is 344 g/mol. The molecule has 0 unspecified atom stereocenters. The highest BCUT2D eigenvalue weighted by molar-refractivity contribution is 9.10. The van der Waals surface area contributed by atoms with Gasteiger partial charge in [0.25, 0.3) is 0 Å². The van der Waals surface area contributed by atoms with Gasteiger partial charge in [0.2, 0.25) is 5.78 Å². The smallest absolute Gasteiger partial charge is 0.223 e. The Morgan fingerprint density at radius 3 is 3.06 bits per heavy atom. The van der Waals surface area contributed by atoms with Gasteiger partial charge in [-0.25, -0.2) is 4.68 Å². The van der Waals surface area contributed by atoms with Crippen molar-refractivity contribution in [3.8, 4) is 0 Å². The van der Waals surface area contributed by atoms with Crippen LogP contribution >= 0.6 is 39.0 Å². The average Bonchev–Trinajstić information content (AvgIpc) is 2.92. The summed E-state index contributed by atoms with van der Waals surface area (Å²) in [6.07, 6.45) is 1.07. The summed E-state index contributed by atoms with van der Waals surface area (Å²) in [4.78, 5) is 14.6. The highest BCUT2D eigenvalue weighted by Crippen LogP contribution is 2.33. The Kier molecular flexibility index (Phi) is 3.29. The number of hydrogen-bond acceptors (Lipinski definition) is 5. The number of thiophene rings is 1. The Balaban J connectivity index is 2.00. The molecule has 4 nitrogen and oxygen atoms in total. The number of nitrogens with zero attached hydrogens (tertiary/aromatic N) is 3. The maximum Gasteiger partial charge on any atom is 0.223 e. The fourth-order valence-electron chi connectivity index (χ4n) is 1.95. The quantitative estimate of drug-likeness (QED) is 0.786. The zero-order valence-electron chi connectivity index (χ0n) is 9.64. The van der Waals surface area contributed by atoms with Crippen LogP contribution in [0.5, 0.6) is 0 Å². The molecule has 0 atom stereocenters. The van der Waals surface area contributed by atoms with E-state index in [9.17, 15) is 4.79 Å². The zero-order chi connectivity index (χ0) is 12.7. The molecule has 0 radical (unpaired) electrons. The van der Waals surface area contributed by atoms with Crippen LogP contribution in [0.2, 0.25) is 0 Å². The van der Waals surface area contributed by atoms with Gasteiger partial charge in [0.1, 0.15) is 5.69 Å². The van der Waals surface area contributed by atoms with E-state index in [1.165, 1.54) is 15.1 Å². The molecule has 94 valence electrons. The lowest BCUT2D eigenvalue weighted by atomic mass is 10.2. The van der Waals surface area contributed by atoms with E-state index in [1.54, 1.807) is 18.4 Å². The topological polar surface area (TPSA) is 47.8 Å². The second kappa shape index (κ2) is 4.79. The number of aryl methyl sites for hydroxylation is 2. The predicted molar refractivity (Wildman–Crippen MR) is 76.3 cm³/mol. The van der Waals surface area contributed by atoms with Gasteiger partial charge in [0, 0.05) is 17.7 Å². The van der Waals surface area contributed by atoms with E-state index in [4.69, 9.17) is 0 Å². The van der Waals surface area contributed by atoms with Gasteiger partial charge in [-0.1, -0.05) is 5.21 Å². The molecular weight excluding hydrogens is 334 g/mol. The first kappa shape index (κ1) is 12.4. The van der Waals surface area contributed by atoms with Crippen molar-refractivity contribution in [3.05, 3.63) is 31.7 Å². The summed E-state index contributed by atoms with van der Waals surface area (Å²) in [5.74, 6) is 2.17. The third-order valence-corrected chi connectivity index (χ3v) is 5.63. The summed E-state index contributed by atoms with van der Waals surface area (Å²) in [6, 6.07) is 2.02. The molecule has 7 heteroatoms. The van der Waals surface area contributed by atoms with Crippen molar-refractivity contribution in [2.75, 3.05) is 5.75 Å². The van der Waals surface area contributed by atoms with Crippen molar-refractivity contribution < 1.29 is 4.79 Å². The number of carbonyl (C=O) groups excluding carboxylic acids is 1. The number of fused-ring (bicyclic) bond motifs is 1. The highest BCUT2D eigenvalue weighted by atomic mass is 79.9. The van der Waals surface area contributed by atoms with Gasteiger partial charge >= 0.3 is 0 Å². The van der Waals surface area contributed by atoms with Crippen LogP contribution in [0.15, 0.2) is 10.7 Å². The highest BCUT2D eigenvalue weighted by Gasteiger charge is 2.23. The van der Waals surface area contributed by atoms with Crippen LogP contribution in [-0.4, -0.2) is 26.5 Å². The monoisotopic (exact) mass is 343 g/mol. The number of ketones is 1. The van der Waals surface area contributed by atoms with Crippen LogP contribution in [0.25, 0.3) is 0 Å². The number of thioether (sulfide) groups is 1. The summed E-state index contributed by atoms with van der Waals surface area (Å²) < 4.78 is 2.02. The first-order chi connectivity index (χ1) is 8.66. The minimum atomic E-state index is -0.00113. The van der Waals surface area contributed by atoms with E-state index in [1.807, 2.05) is 17.8 Å². The second-order valence-corrected chi connectivity index (χ2v) is 7.04. The summed E-state index contributed by atoms with van der Waals surface area (Å²) in [5.41, 5.74) is 1.83. The zero-order valence-corrected chi connectivity index (χ0v) is 12.9. The second-order valence-electron chi connectivity index (χ2n) is 4.04.